The van der Waals surface area contributed by atoms with E-state index in [-0.39, 0.29) is 122 Å². The Morgan fingerprint density at radius 2 is 0.731 bits per heavy atom. The van der Waals surface area contributed by atoms with E-state index in [0.717, 1.165) is 41.1 Å². The predicted molar refractivity (Wildman–Crippen MR) is 528 cm³/mol. The molecule has 9 aromatic heterocycles. The number of nitrogens with one attached hydrogen (secondary N) is 3. The summed E-state index contributed by atoms with van der Waals surface area (Å²) >= 11 is 5.56. The number of benzene rings is 10. The highest BCUT2D eigenvalue weighted by Gasteiger charge is 2.38. The molecule has 3 amide bonds. The summed E-state index contributed by atoms with van der Waals surface area (Å²) in [5.74, 6) is -3.17. The second-order valence-electron chi connectivity index (χ2n) is 33.7. The third kappa shape index (κ3) is 17.6. The number of hydrogen-bond acceptors (Lipinski definition) is 21. The number of sulfonamides is 3. The van der Waals surface area contributed by atoms with Gasteiger partial charge in [0.25, 0.3) is 41.5 Å². The molecule has 42 heteroatoms. The van der Waals surface area contributed by atoms with Gasteiger partial charge in [-0.3, -0.25) is 47.6 Å². The third-order valence-electron chi connectivity index (χ3n) is 25.1. The standard InChI is InChI=1S/2C32H24F2N4O6S.C32H24F2N4O5S.C7H5ClO3/c2*1-35-32(39)30-22-11-20(25(36(2)45(3,41)42)14-28(22)44-31(30)17-7-9-18(33)10-8-17)27-13-21-26-12-19-23(34)5-4-6-24(19)37(26)16-43-29(21)15-38(27)40;1-35-32(39)30-22-11-20(26(37(2)44(3,40)41)14-28(22)43-31(30)17-7-9-18(33)10-8-17)24-12-21-27-13-19-23(34)5-4-6-25(19)38(27)16-42-29(21)15-36-24;8-6-3-1-2-5(4-6)7(9)11-10/h2*4-15H,16H2,1-3H3,(H-,35,39,40);4-15H,16H2,1-3H3,(H,35,39);1-4,10H/p+2. The van der Waals surface area contributed by atoms with Gasteiger partial charge in [0.05, 0.1) is 126 Å². The molecule has 0 bridgehead atoms. The smallest absolute Gasteiger partial charge is 0.372 e. The van der Waals surface area contributed by atoms with Crippen molar-refractivity contribution in [2.24, 2.45) is 0 Å². The van der Waals surface area contributed by atoms with Crippen LogP contribution in [0.15, 0.2) is 256 Å². The van der Waals surface area contributed by atoms with Crippen LogP contribution in [-0.2, 0) is 55.1 Å². The quantitative estimate of drug-likeness (QED) is 0.0172. The molecule has 3 aliphatic heterocycles. The number of aromatic nitrogens is 6. The lowest BCUT2D eigenvalue weighted by molar-refractivity contribution is -0.896. The van der Waals surface area contributed by atoms with Crippen LogP contribution in [0.5, 0.6) is 17.2 Å². The van der Waals surface area contributed by atoms with Gasteiger partial charge in [-0.05, 0) is 170 Å². The molecule has 3 aliphatic rings. The maximum absolute atomic E-state index is 14.7. The zero-order valence-corrected chi connectivity index (χ0v) is 80.6. The zero-order chi connectivity index (χ0) is 103. The van der Waals surface area contributed by atoms with Crippen molar-refractivity contribution in [3.63, 3.8) is 0 Å². The second kappa shape index (κ2) is 37.4. The monoisotopic (exact) mass is 2050 g/mol. The summed E-state index contributed by atoms with van der Waals surface area (Å²) in [5, 5.41) is 41.0. The molecule has 32 nitrogen and oxygen atoms in total. The number of anilines is 3. The van der Waals surface area contributed by atoms with Gasteiger partial charge >= 0.3 is 5.97 Å². The molecular weight excluding hydrogens is 1970 g/mol. The summed E-state index contributed by atoms with van der Waals surface area (Å²) in [6, 6.07) is 56.1. The number of rotatable bonds is 16. The number of furan rings is 3. The molecule has 0 radical (unpaired) electrons. The Morgan fingerprint density at radius 3 is 1.06 bits per heavy atom. The van der Waals surface area contributed by atoms with Crippen LogP contribution in [0.3, 0.4) is 0 Å². The Bertz CT molecular complexity index is 8700. The first kappa shape index (κ1) is 96.7. The van der Waals surface area contributed by atoms with Crippen LogP contribution in [-0.4, -0.2) is 144 Å². The lowest BCUT2D eigenvalue weighted by atomic mass is 9.99. The number of ether oxygens (including phenoxy) is 3. The van der Waals surface area contributed by atoms with Crippen molar-refractivity contribution < 1.29 is 128 Å². The van der Waals surface area contributed by atoms with Crippen LogP contribution in [0, 0.1) is 34.9 Å². The first-order valence-corrected chi connectivity index (χ1v) is 49.6. The molecule has 0 spiro atoms. The molecule has 0 unspecified atom stereocenters. The molecule has 19 aromatic rings. The lowest BCUT2D eigenvalue weighted by Crippen LogP contribution is -2.34. The van der Waals surface area contributed by atoms with Gasteiger partial charge in [-0.2, -0.15) is 5.26 Å². The van der Waals surface area contributed by atoms with Crippen molar-refractivity contribution in [2.45, 2.75) is 20.2 Å². The lowest BCUT2D eigenvalue weighted by Gasteiger charge is -2.23. The van der Waals surface area contributed by atoms with Crippen LogP contribution >= 0.6 is 11.6 Å². The minimum Gasteiger partial charge on any atom is -0.470 e. The second-order valence-corrected chi connectivity index (χ2v) is 40.2. The molecule has 0 aliphatic carbocycles. The summed E-state index contributed by atoms with van der Waals surface area (Å²) in [5.41, 5.74) is 10.2. The fourth-order valence-electron chi connectivity index (χ4n) is 17.7. The van der Waals surface area contributed by atoms with Crippen molar-refractivity contribution >= 4 is 148 Å². The van der Waals surface area contributed by atoms with Gasteiger partial charge in [-0.15, -0.1) is 0 Å². The number of fused-ring (bicyclic) bond motifs is 18. The van der Waals surface area contributed by atoms with Crippen molar-refractivity contribution in [3.05, 3.63) is 305 Å². The van der Waals surface area contributed by atoms with Crippen LogP contribution < -0.4 is 52.5 Å². The fraction of sp³-hybridized carbons (Fsp3) is 0.117. The fourth-order valence-corrected chi connectivity index (χ4v) is 19.4. The Morgan fingerprint density at radius 1 is 0.407 bits per heavy atom. The van der Waals surface area contributed by atoms with E-state index in [1.807, 2.05) is 10.6 Å². The number of halogens is 7. The highest BCUT2D eigenvalue weighted by atomic mass is 35.5. The number of carbonyl (C=O) groups excluding carboxylic acids is 4. The third-order valence-corrected chi connectivity index (χ3v) is 28.9. The van der Waals surface area contributed by atoms with Gasteiger partial charge in [0.15, 0.2) is 31.7 Å². The summed E-state index contributed by atoms with van der Waals surface area (Å²) < 4.78 is 208. The normalized spacial score (nSPS) is 12.3. The van der Waals surface area contributed by atoms with Crippen LogP contribution in [0.4, 0.5) is 43.4 Å². The van der Waals surface area contributed by atoms with E-state index < -0.39 is 82.8 Å². The van der Waals surface area contributed by atoms with Gasteiger partial charge in [0.1, 0.15) is 74.7 Å². The Kier molecular flexibility index (Phi) is 24.9. The number of nitrogens with zero attached hydrogens (tertiary/aromatic N) is 9. The van der Waals surface area contributed by atoms with Crippen LogP contribution in [0.1, 0.15) is 41.4 Å². The van der Waals surface area contributed by atoms with Crippen molar-refractivity contribution in [1.82, 2.24) is 34.6 Å². The zero-order valence-electron chi connectivity index (χ0n) is 77.4. The van der Waals surface area contributed by atoms with Crippen LogP contribution in [0.25, 0.3) is 167 Å². The first-order chi connectivity index (χ1) is 69.2. The molecular formula is C103H79ClF6N12O20S3+2. The van der Waals surface area contributed by atoms with E-state index in [9.17, 15) is 81.2 Å². The van der Waals surface area contributed by atoms with Gasteiger partial charge in [-0.1, -0.05) is 35.9 Å². The van der Waals surface area contributed by atoms with Crippen molar-refractivity contribution in [1.29, 1.82) is 0 Å². The average Bonchev–Trinajstić information content (AvgIpc) is 1.81. The van der Waals surface area contributed by atoms with Crippen molar-refractivity contribution in [2.75, 3.05) is 74.0 Å². The van der Waals surface area contributed by atoms with Crippen LogP contribution in [0.2, 0.25) is 5.02 Å². The molecule has 12 heterocycles. The van der Waals surface area contributed by atoms with Gasteiger partial charge in [-0.25, -0.2) is 56.4 Å². The summed E-state index contributed by atoms with van der Waals surface area (Å²) in [4.78, 5) is 58.4. The summed E-state index contributed by atoms with van der Waals surface area (Å²) in [7, 11) is -2.90. The van der Waals surface area contributed by atoms with Gasteiger partial charge < -0.3 is 57.1 Å². The number of carbonyl (C=O) groups is 4. The molecule has 0 saturated carbocycles. The van der Waals surface area contributed by atoms with E-state index in [2.05, 4.69) is 25.8 Å². The molecule has 0 fully saturated rings. The molecule has 0 atom stereocenters. The first-order valence-electron chi connectivity index (χ1n) is 43.7. The minimum atomic E-state index is -3.83. The Labute approximate surface area is 824 Å². The summed E-state index contributed by atoms with van der Waals surface area (Å²) in [6.07, 6.45) is 7.36. The minimum absolute atomic E-state index is 0.0827. The van der Waals surface area contributed by atoms with E-state index in [4.69, 9.17) is 44.3 Å². The highest BCUT2D eigenvalue weighted by Crippen LogP contribution is 2.50. The predicted octanol–water partition coefficient (Wildman–Crippen LogP) is 18.7. The van der Waals surface area contributed by atoms with E-state index in [0.29, 0.717) is 133 Å². The summed E-state index contributed by atoms with van der Waals surface area (Å²) in [6.45, 7) is 0.333. The SMILES string of the molecule is CNC(=O)c1c(-c2ccc(F)cc2)oc2cc(N(C)S(C)(=O)=O)c(-c3cc4c(c[n+]3O)OCn3c-4cc4c(F)cccc43)cc12.CNC(=O)c1c(-c2ccc(F)cc2)oc2cc(N(C)S(C)(=O)=O)c(-c3cc4c(c[n+]3O)OCn3c-4cc4c(F)cccc43)cc12.CNC(=O)c1c(-c2ccc(F)cc2)oc2cc(N(C)S(C)(=O)=O)c(-c3cc4c(cn3)OCn3c-4cc4c(F)cccc43)cc12.O=C(OO)c1cccc(Cl)c1. The molecule has 0 saturated heterocycles. The van der Waals surface area contributed by atoms with E-state index in [1.54, 1.807) is 106 Å². The van der Waals surface area contributed by atoms with E-state index >= 15 is 0 Å². The maximum Gasteiger partial charge on any atom is 0.372 e. The number of hydrogen-bond donors (Lipinski definition) is 6. The largest absolute Gasteiger partial charge is 0.470 e. The molecule has 22 rings (SSSR count). The number of pyridine rings is 3. The average molecular weight is 2050 g/mol. The number of amides is 3. The van der Waals surface area contributed by atoms with Crippen molar-refractivity contribution in [3.8, 4) is 119 Å². The molecule has 145 heavy (non-hydrogen) atoms. The highest BCUT2D eigenvalue weighted by molar-refractivity contribution is 7.92. The molecule has 736 valence electrons. The molecule has 6 N–H and O–H groups in total. The Hall–Kier alpha value is -17.2. The topological polar surface area (TPSA) is 389 Å². The van der Waals surface area contributed by atoms with Gasteiger partial charge in [0, 0.05) is 147 Å². The van der Waals surface area contributed by atoms with Gasteiger partial charge in [0.2, 0.25) is 30.1 Å². The molecule has 10 aromatic carbocycles. The van der Waals surface area contributed by atoms with E-state index in [1.165, 1.54) is 182 Å². The Balaban J connectivity index is 0.000000130. The maximum atomic E-state index is 14.7.